The topological polar surface area (TPSA) is 50.4 Å². The molecule has 116 valence electrons. The zero-order valence-corrected chi connectivity index (χ0v) is 13.9. The van der Waals surface area contributed by atoms with Gasteiger partial charge in [-0.2, -0.15) is 0 Å². The van der Waals surface area contributed by atoms with Crippen molar-refractivity contribution in [3.05, 3.63) is 28.2 Å². The fourth-order valence-electron chi connectivity index (χ4n) is 2.20. The molecule has 0 aliphatic heterocycles. The first kappa shape index (κ1) is 16.2. The van der Waals surface area contributed by atoms with Gasteiger partial charge in [0.2, 0.25) is 0 Å². The van der Waals surface area contributed by atoms with E-state index in [0.717, 1.165) is 18.5 Å². The molecular weight excluding hydrogens is 311 g/mol. The highest BCUT2D eigenvalue weighted by Gasteiger charge is 2.31. The maximum Gasteiger partial charge on any atom is 0.407 e. The molecule has 1 aliphatic carbocycles. The second-order valence-corrected chi connectivity index (χ2v) is 7.19. The summed E-state index contributed by atoms with van der Waals surface area (Å²) < 4.78 is 5.22. The second-order valence-electron chi connectivity index (χ2n) is 6.31. The first-order valence-electron chi connectivity index (χ1n) is 6.93. The smallest absolute Gasteiger partial charge is 0.407 e. The van der Waals surface area contributed by atoms with Crippen molar-refractivity contribution in [2.24, 2.45) is 0 Å². The SMILES string of the molecule is CC(C)(C)OC(=O)NC1CC(Nc2cc(Cl)cc(Cl)c2)C1. The Hall–Kier alpha value is -1.13. The molecule has 1 aliphatic rings. The van der Waals surface area contributed by atoms with Crippen molar-refractivity contribution in [1.29, 1.82) is 0 Å². The largest absolute Gasteiger partial charge is 0.444 e. The van der Waals surface area contributed by atoms with Gasteiger partial charge in [-0.15, -0.1) is 0 Å². The van der Waals surface area contributed by atoms with E-state index < -0.39 is 5.60 Å². The van der Waals surface area contributed by atoms with Crippen molar-refractivity contribution in [2.75, 3.05) is 5.32 Å². The molecule has 2 rings (SSSR count). The van der Waals surface area contributed by atoms with E-state index in [9.17, 15) is 4.79 Å². The van der Waals surface area contributed by atoms with Crippen LogP contribution < -0.4 is 10.6 Å². The Morgan fingerprint density at radius 3 is 2.24 bits per heavy atom. The lowest BCUT2D eigenvalue weighted by Gasteiger charge is -2.37. The summed E-state index contributed by atoms with van der Waals surface area (Å²) in [6, 6.07) is 5.82. The van der Waals surface area contributed by atoms with Crippen molar-refractivity contribution in [3.63, 3.8) is 0 Å². The summed E-state index contributed by atoms with van der Waals surface area (Å²) in [7, 11) is 0. The lowest BCUT2D eigenvalue weighted by atomic mass is 9.86. The summed E-state index contributed by atoms with van der Waals surface area (Å²) >= 11 is 11.9. The molecular formula is C15H20Cl2N2O2. The first-order chi connectivity index (χ1) is 9.71. The van der Waals surface area contributed by atoms with Crippen LogP contribution in [-0.2, 0) is 4.74 Å². The average molecular weight is 331 g/mol. The molecule has 0 aromatic heterocycles. The Morgan fingerprint density at radius 2 is 1.71 bits per heavy atom. The van der Waals surface area contributed by atoms with Gasteiger partial charge < -0.3 is 15.4 Å². The molecule has 0 unspecified atom stereocenters. The van der Waals surface area contributed by atoms with Gasteiger partial charge in [0.25, 0.3) is 0 Å². The van der Waals surface area contributed by atoms with Crippen LogP contribution in [0.5, 0.6) is 0 Å². The van der Waals surface area contributed by atoms with E-state index >= 15 is 0 Å². The van der Waals surface area contributed by atoms with E-state index in [1.54, 1.807) is 6.07 Å². The van der Waals surface area contributed by atoms with Crippen molar-refractivity contribution in [2.45, 2.75) is 51.3 Å². The van der Waals surface area contributed by atoms with Gasteiger partial charge in [-0.25, -0.2) is 4.79 Å². The highest BCUT2D eigenvalue weighted by Crippen LogP contribution is 2.28. The van der Waals surface area contributed by atoms with E-state index in [4.69, 9.17) is 27.9 Å². The van der Waals surface area contributed by atoms with Gasteiger partial charge in [0.15, 0.2) is 0 Å². The Balaban J connectivity index is 1.75. The molecule has 2 N–H and O–H groups in total. The lowest BCUT2D eigenvalue weighted by molar-refractivity contribution is 0.0475. The third-order valence-corrected chi connectivity index (χ3v) is 3.53. The van der Waals surface area contributed by atoms with E-state index in [0.29, 0.717) is 16.1 Å². The molecule has 0 saturated heterocycles. The number of rotatable bonds is 3. The van der Waals surface area contributed by atoms with E-state index in [2.05, 4.69) is 10.6 Å². The predicted molar refractivity (Wildman–Crippen MR) is 86.3 cm³/mol. The lowest BCUT2D eigenvalue weighted by Crippen LogP contribution is -2.50. The zero-order chi connectivity index (χ0) is 15.6. The zero-order valence-electron chi connectivity index (χ0n) is 12.4. The highest BCUT2D eigenvalue weighted by atomic mass is 35.5. The van der Waals surface area contributed by atoms with Crippen molar-refractivity contribution in [1.82, 2.24) is 5.32 Å². The number of carbonyl (C=O) groups excluding carboxylic acids is 1. The number of carbonyl (C=O) groups is 1. The summed E-state index contributed by atoms with van der Waals surface area (Å²) in [6.45, 7) is 5.54. The fourth-order valence-corrected chi connectivity index (χ4v) is 2.73. The summed E-state index contributed by atoms with van der Waals surface area (Å²) in [4.78, 5) is 11.6. The van der Waals surface area contributed by atoms with Gasteiger partial charge in [0.1, 0.15) is 5.60 Å². The number of benzene rings is 1. The monoisotopic (exact) mass is 330 g/mol. The summed E-state index contributed by atoms with van der Waals surface area (Å²) in [5.41, 5.74) is 0.427. The molecule has 21 heavy (non-hydrogen) atoms. The molecule has 1 saturated carbocycles. The molecule has 1 amide bonds. The Labute approximate surface area is 135 Å². The van der Waals surface area contributed by atoms with Gasteiger partial charge in [-0.05, 0) is 51.8 Å². The molecule has 0 atom stereocenters. The van der Waals surface area contributed by atoms with Gasteiger partial charge in [-0.3, -0.25) is 0 Å². The molecule has 0 spiro atoms. The number of ether oxygens (including phenoxy) is 1. The summed E-state index contributed by atoms with van der Waals surface area (Å²) in [5.74, 6) is 0. The summed E-state index contributed by atoms with van der Waals surface area (Å²) in [5, 5.41) is 7.42. The number of halogens is 2. The number of amides is 1. The molecule has 0 heterocycles. The average Bonchev–Trinajstić information content (AvgIpc) is 2.21. The van der Waals surface area contributed by atoms with Crippen LogP contribution in [0.1, 0.15) is 33.6 Å². The van der Waals surface area contributed by atoms with Crippen LogP contribution >= 0.6 is 23.2 Å². The molecule has 1 aromatic carbocycles. The minimum absolute atomic E-state index is 0.145. The van der Waals surface area contributed by atoms with Crippen LogP contribution in [0, 0.1) is 0 Å². The van der Waals surface area contributed by atoms with Gasteiger partial charge in [0.05, 0.1) is 0 Å². The molecule has 4 nitrogen and oxygen atoms in total. The third-order valence-electron chi connectivity index (χ3n) is 3.09. The molecule has 6 heteroatoms. The van der Waals surface area contributed by atoms with E-state index in [1.807, 2.05) is 32.9 Å². The van der Waals surface area contributed by atoms with Crippen LogP contribution in [0.15, 0.2) is 18.2 Å². The van der Waals surface area contributed by atoms with Crippen LogP contribution in [-0.4, -0.2) is 23.8 Å². The van der Waals surface area contributed by atoms with Gasteiger partial charge >= 0.3 is 6.09 Å². The standard InChI is InChI=1S/C15H20Cl2N2O2/c1-15(2,3)21-14(20)19-13-7-12(8-13)18-11-5-9(16)4-10(17)6-11/h4-6,12-13,18H,7-8H2,1-3H3,(H,19,20). The number of alkyl carbamates (subject to hydrolysis) is 1. The van der Waals surface area contributed by atoms with Crippen LogP contribution in [0.2, 0.25) is 10.0 Å². The van der Waals surface area contributed by atoms with Crippen molar-refractivity contribution >= 4 is 35.0 Å². The predicted octanol–water partition coefficient (Wildman–Crippen LogP) is 4.46. The second kappa shape index (κ2) is 6.32. The summed E-state index contributed by atoms with van der Waals surface area (Å²) in [6.07, 6.45) is 1.34. The van der Waals surface area contributed by atoms with Gasteiger partial charge in [-0.1, -0.05) is 23.2 Å². The van der Waals surface area contributed by atoms with Crippen LogP contribution in [0.3, 0.4) is 0 Å². The van der Waals surface area contributed by atoms with E-state index in [-0.39, 0.29) is 12.1 Å². The molecule has 0 bridgehead atoms. The van der Waals surface area contributed by atoms with Crippen molar-refractivity contribution < 1.29 is 9.53 Å². The minimum atomic E-state index is -0.469. The number of nitrogens with one attached hydrogen (secondary N) is 2. The Bertz CT molecular complexity index is 503. The Morgan fingerprint density at radius 1 is 1.14 bits per heavy atom. The number of hydrogen-bond donors (Lipinski definition) is 2. The highest BCUT2D eigenvalue weighted by molar-refractivity contribution is 6.35. The van der Waals surface area contributed by atoms with E-state index in [1.165, 1.54) is 0 Å². The van der Waals surface area contributed by atoms with Crippen molar-refractivity contribution in [3.8, 4) is 0 Å². The quantitative estimate of drug-likeness (QED) is 0.860. The number of hydrogen-bond acceptors (Lipinski definition) is 3. The van der Waals surface area contributed by atoms with Crippen LogP contribution in [0.25, 0.3) is 0 Å². The normalized spacial score (nSPS) is 21.4. The number of anilines is 1. The van der Waals surface area contributed by atoms with Crippen LogP contribution in [0.4, 0.5) is 10.5 Å². The minimum Gasteiger partial charge on any atom is -0.444 e. The Kier molecular flexibility index (Phi) is 4.89. The molecule has 0 radical (unpaired) electrons. The fraction of sp³-hybridized carbons (Fsp3) is 0.533. The third kappa shape index (κ3) is 5.29. The molecule has 1 aromatic rings. The maximum atomic E-state index is 11.6. The molecule has 1 fully saturated rings. The maximum absolute atomic E-state index is 11.6. The van der Waals surface area contributed by atoms with Gasteiger partial charge in [0, 0.05) is 27.8 Å². The first-order valence-corrected chi connectivity index (χ1v) is 7.69.